The van der Waals surface area contributed by atoms with Crippen LogP contribution in [0.3, 0.4) is 0 Å². The molecule has 15 heavy (non-hydrogen) atoms. The van der Waals surface area contributed by atoms with Gasteiger partial charge in [0.1, 0.15) is 6.17 Å². The summed E-state index contributed by atoms with van der Waals surface area (Å²) in [4.78, 5) is 12.9. The van der Waals surface area contributed by atoms with Crippen molar-refractivity contribution >= 4 is 5.97 Å². The number of carboxylic acid groups (broad SMARTS) is 1. The van der Waals surface area contributed by atoms with Crippen molar-refractivity contribution in [2.24, 2.45) is 0 Å². The van der Waals surface area contributed by atoms with Gasteiger partial charge in [-0.3, -0.25) is 4.90 Å². The predicted molar refractivity (Wildman–Crippen MR) is 54.0 cm³/mol. The molecule has 0 spiro atoms. The first-order chi connectivity index (χ1) is 7.18. The molecule has 2 atom stereocenters. The van der Waals surface area contributed by atoms with Gasteiger partial charge in [-0.25, -0.2) is 4.79 Å². The number of carboxylic acids is 1. The van der Waals surface area contributed by atoms with E-state index in [-0.39, 0.29) is 12.3 Å². The Morgan fingerprint density at radius 1 is 1.60 bits per heavy atom. The molecule has 0 saturated carbocycles. The summed E-state index contributed by atoms with van der Waals surface area (Å²) in [5.41, 5.74) is 0.326. The number of nitrogens with zero attached hydrogens (tertiary/aromatic N) is 1. The van der Waals surface area contributed by atoms with Crippen molar-refractivity contribution in [2.45, 2.75) is 18.7 Å². The van der Waals surface area contributed by atoms with Crippen molar-refractivity contribution in [1.82, 2.24) is 10.2 Å². The third-order valence-corrected chi connectivity index (χ3v) is 2.73. The largest absolute Gasteiger partial charge is 0.478 e. The van der Waals surface area contributed by atoms with Gasteiger partial charge in [-0.1, -0.05) is 0 Å². The first-order valence-electron chi connectivity index (χ1n) is 4.96. The smallest absolute Gasteiger partial charge is 0.335 e. The van der Waals surface area contributed by atoms with Gasteiger partial charge in [-0.05, 0) is 24.8 Å². The highest BCUT2D eigenvalue weighted by Gasteiger charge is 2.31. The van der Waals surface area contributed by atoms with Crippen LogP contribution in [0.4, 0.5) is 0 Å². The van der Waals surface area contributed by atoms with Crippen LogP contribution in [0, 0.1) is 0 Å². The summed E-state index contributed by atoms with van der Waals surface area (Å²) < 4.78 is 0. The Morgan fingerprint density at radius 2 is 2.40 bits per heavy atom. The number of likely N-dealkylation sites (tertiary alicyclic amines) is 1. The molecule has 0 aromatic heterocycles. The number of hydrogen-bond acceptors (Lipinski definition) is 4. The summed E-state index contributed by atoms with van der Waals surface area (Å²) in [5.74, 6) is -0.918. The average Bonchev–Trinajstić information content (AvgIpc) is 2.65. The number of aliphatic hydroxyl groups is 1. The molecule has 0 bridgehead atoms. The highest BCUT2D eigenvalue weighted by Crippen LogP contribution is 2.18. The second-order valence-electron chi connectivity index (χ2n) is 3.79. The maximum absolute atomic E-state index is 11.0. The van der Waals surface area contributed by atoms with E-state index in [1.807, 2.05) is 4.90 Å². The number of dihydropyridines is 1. The van der Waals surface area contributed by atoms with Crippen LogP contribution in [-0.2, 0) is 4.79 Å². The van der Waals surface area contributed by atoms with E-state index in [0.717, 1.165) is 6.54 Å². The maximum Gasteiger partial charge on any atom is 0.335 e. The quantitative estimate of drug-likeness (QED) is 0.573. The van der Waals surface area contributed by atoms with Gasteiger partial charge < -0.3 is 15.5 Å². The summed E-state index contributed by atoms with van der Waals surface area (Å²) >= 11 is 0. The van der Waals surface area contributed by atoms with Crippen LogP contribution < -0.4 is 5.32 Å². The Bertz CT molecular complexity index is 325. The molecule has 2 aliphatic rings. The van der Waals surface area contributed by atoms with Crippen LogP contribution in [0.25, 0.3) is 0 Å². The van der Waals surface area contributed by atoms with Crippen LogP contribution in [-0.4, -0.2) is 46.4 Å². The van der Waals surface area contributed by atoms with E-state index < -0.39 is 5.97 Å². The van der Waals surface area contributed by atoms with Gasteiger partial charge in [0.05, 0.1) is 11.7 Å². The van der Waals surface area contributed by atoms with E-state index >= 15 is 0 Å². The fraction of sp³-hybridized carbons (Fsp3) is 0.500. The first-order valence-corrected chi connectivity index (χ1v) is 4.96. The number of nitrogens with one attached hydrogen (secondary N) is 1. The molecule has 0 aliphatic carbocycles. The van der Waals surface area contributed by atoms with Gasteiger partial charge in [0, 0.05) is 13.1 Å². The van der Waals surface area contributed by atoms with Gasteiger partial charge in [0.15, 0.2) is 0 Å². The van der Waals surface area contributed by atoms with Gasteiger partial charge in [-0.15, -0.1) is 0 Å². The van der Waals surface area contributed by atoms with E-state index in [9.17, 15) is 9.90 Å². The van der Waals surface area contributed by atoms with Crippen molar-refractivity contribution in [3.8, 4) is 0 Å². The molecule has 1 fully saturated rings. The SMILES string of the molecule is O=C(O)C1=CC=CNC1N1CC[C@@H](O)C1. The van der Waals surface area contributed by atoms with Gasteiger partial charge in [-0.2, -0.15) is 0 Å². The minimum absolute atomic E-state index is 0.315. The molecule has 3 N–H and O–H groups in total. The molecule has 2 rings (SSSR count). The molecule has 0 radical (unpaired) electrons. The van der Waals surface area contributed by atoms with E-state index in [1.54, 1.807) is 18.4 Å². The molecule has 1 saturated heterocycles. The molecule has 2 aliphatic heterocycles. The van der Waals surface area contributed by atoms with E-state index in [0.29, 0.717) is 18.5 Å². The van der Waals surface area contributed by atoms with Crippen molar-refractivity contribution in [2.75, 3.05) is 13.1 Å². The summed E-state index contributed by atoms with van der Waals surface area (Å²) in [6, 6.07) is 0. The normalized spacial score (nSPS) is 31.1. The van der Waals surface area contributed by atoms with Crippen molar-refractivity contribution < 1.29 is 15.0 Å². The van der Waals surface area contributed by atoms with Crippen LogP contribution >= 0.6 is 0 Å². The van der Waals surface area contributed by atoms with E-state index in [1.165, 1.54) is 0 Å². The first kappa shape index (κ1) is 10.2. The van der Waals surface area contributed by atoms with Crippen molar-refractivity contribution in [1.29, 1.82) is 0 Å². The fourth-order valence-corrected chi connectivity index (χ4v) is 1.97. The van der Waals surface area contributed by atoms with Gasteiger partial charge in [0.25, 0.3) is 0 Å². The number of aliphatic hydroxyl groups excluding tert-OH is 1. The van der Waals surface area contributed by atoms with Gasteiger partial charge >= 0.3 is 5.97 Å². The predicted octanol–water partition coefficient (Wildman–Crippen LogP) is -0.493. The number of aliphatic carboxylic acids is 1. The highest BCUT2D eigenvalue weighted by molar-refractivity contribution is 5.88. The monoisotopic (exact) mass is 210 g/mol. The zero-order valence-corrected chi connectivity index (χ0v) is 8.26. The Hall–Kier alpha value is -1.33. The standard InChI is InChI=1S/C10H14N2O3/c13-7-3-5-12(6-7)9-8(10(14)15)2-1-4-11-9/h1-2,4,7,9,11,13H,3,5-6H2,(H,14,15)/t7-,9?/m1/s1. The number of carbonyl (C=O) groups is 1. The molecule has 1 unspecified atom stereocenters. The molecule has 0 aromatic carbocycles. The second kappa shape index (κ2) is 4.04. The molecule has 2 heterocycles. The zero-order chi connectivity index (χ0) is 10.8. The summed E-state index contributed by atoms with van der Waals surface area (Å²) in [7, 11) is 0. The fourth-order valence-electron chi connectivity index (χ4n) is 1.97. The Labute approximate surface area is 87.7 Å². The number of rotatable bonds is 2. The lowest BCUT2D eigenvalue weighted by atomic mass is 10.1. The molecule has 0 aromatic rings. The summed E-state index contributed by atoms with van der Waals surface area (Å²) in [5, 5.41) is 21.4. The van der Waals surface area contributed by atoms with Crippen LogP contribution in [0.1, 0.15) is 6.42 Å². The highest BCUT2D eigenvalue weighted by atomic mass is 16.4. The number of hydrogen-bond donors (Lipinski definition) is 3. The van der Waals surface area contributed by atoms with Crippen LogP contribution in [0.15, 0.2) is 23.9 Å². The molecule has 5 nitrogen and oxygen atoms in total. The molecule has 0 amide bonds. The summed E-state index contributed by atoms with van der Waals surface area (Å²) in [6.07, 6.45) is 5.04. The van der Waals surface area contributed by atoms with E-state index in [2.05, 4.69) is 5.32 Å². The van der Waals surface area contributed by atoms with Gasteiger partial charge in [0.2, 0.25) is 0 Å². The summed E-state index contributed by atoms with van der Waals surface area (Å²) in [6.45, 7) is 1.24. The number of β-amino-alcohol motifs (C(OH)–C–C–N with tert-alkyl or cyclic N) is 1. The van der Waals surface area contributed by atoms with Crippen LogP contribution in [0.5, 0.6) is 0 Å². The van der Waals surface area contributed by atoms with Crippen molar-refractivity contribution in [3.63, 3.8) is 0 Å². The number of allylic oxidation sites excluding steroid dienone is 2. The van der Waals surface area contributed by atoms with E-state index in [4.69, 9.17) is 5.11 Å². The second-order valence-corrected chi connectivity index (χ2v) is 3.79. The molecule has 82 valence electrons. The minimum Gasteiger partial charge on any atom is -0.478 e. The van der Waals surface area contributed by atoms with Crippen LogP contribution in [0.2, 0.25) is 0 Å². The zero-order valence-electron chi connectivity index (χ0n) is 8.26. The Kier molecular flexibility index (Phi) is 2.75. The minimum atomic E-state index is -0.918. The third kappa shape index (κ3) is 2.03. The average molecular weight is 210 g/mol. The lowest BCUT2D eigenvalue weighted by molar-refractivity contribution is -0.133. The maximum atomic E-state index is 11.0. The Balaban J connectivity index is 2.11. The Morgan fingerprint density at radius 3 is 3.00 bits per heavy atom. The lowest BCUT2D eigenvalue weighted by Gasteiger charge is -2.29. The lowest BCUT2D eigenvalue weighted by Crippen LogP contribution is -2.46. The topological polar surface area (TPSA) is 72.8 Å². The molecule has 5 heteroatoms. The van der Waals surface area contributed by atoms with Crippen molar-refractivity contribution in [3.05, 3.63) is 23.9 Å². The molecular weight excluding hydrogens is 196 g/mol. The third-order valence-electron chi connectivity index (χ3n) is 2.73. The molecular formula is C10H14N2O3.